The zero-order chi connectivity index (χ0) is 26.4. The van der Waals surface area contributed by atoms with Gasteiger partial charge in [-0.05, 0) is 92.5 Å². The van der Waals surface area contributed by atoms with Crippen LogP contribution in [0.2, 0.25) is 0 Å². The van der Waals surface area contributed by atoms with Gasteiger partial charge in [0.1, 0.15) is 11.4 Å². The zero-order valence-electron chi connectivity index (χ0n) is 20.3. The average molecular weight is 515 g/mol. The summed E-state index contributed by atoms with van der Waals surface area (Å²) in [6, 6.07) is 12.1. The van der Waals surface area contributed by atoms with Crippen LogP contribution in [0.1, 0.15) is 61.1 Å². The molecule has 9 heteroatoms. The van der Waals surface area contributed by atoms with Gasteiger partial charge in [0.15, 0.2) is 0 Å². The number of carboxylic acid groups (broad SMARTS) is 1. The SMILES string of the molecule is CC1(OC(=O)Oc2ccc(C(=O)OC(c3ccccc3)C(F)(F)C(=O)O)cc2)C2CC3CC(C2)CC1C3. The molecule has 196 valence electrons. The van der Waals surface area contributed by atoms with Crippen molar-refractivity contribution in [1.82, 2.24) is 0 Å². The van der Waals surface area contributed by atoms with E-state index in [2.05, 4.69) is 0 Å². The van der Waals surface area contributed by atoms with E-state index in [1.807, 2.05) is 6.92 Å². The predicted molar refractivity (Wildman–Crippen MR) is 126 cm³/mol. The van der Waals surface area contributed by atoms with Crippen LogP contribution in [0.5, 0.6) is 5.75 Å². The molecule has 4 saturated carbocycles. The van der Waals surface area contributed by atoms with Crippen LogP contribution in [-0.4, -0.2) is 34.7 Å². The molecule has 0 radical (unpaired) electrons. The van der Waals surface area contributed by atoms with Crippen LogP contribution >= 0.6 is 0 Å². The number of halogens is 2. The summed E-state index contributed by atoms with van der Waals surface area (Å²) < 4.78 is 44.9. The van der Waals surface area contributed by atoms with Crippen LogP contribution in [0.3, 0.4) is 0 Å². The molecule has 4 bridgehead atoms. The number of carbonyl (C=O) groups excluding carboxylic acids is 2. The molecule has 0 saturated heterocycles. The maximum absolute atomic E-state index is 14.4. The van der Waals surface area contributed by atoms with Crippen LogP contribution in [0, 0.1) is 23.7 Å². The van der Waals surface area contributed by atoms with E-state index in [1.54, 1.807) is 6.07 Å². The highest BCUT2D eigenvalue weighted by atomic mass is 19.3. The Morgan fingerprint density at radius 1 is 0.919 bits per heavy atom. The molecule has 4 fully saturated rings. The second kappa shape index (κ2) is 9.43. The summed E-state index contributed by atoms with van der Waals surface area (Å²) in [7, 11) is 0. The van der Waals surface area contributed by atoms with Crippen LogP contribution in [0.25, 0.3) is 0 Å². The van der Waals surface area contributed by atoms with Crippen molar-refractivity contribution < 1.29 is 42.5 Å². The van der Waals surface area contributed by atoms with Crippen molar-refractivity contribution in [2.75, 3.05) is 0 Å². The van der Waals surface area contributed by atoms with E-state index in [0.717, 1.165) is 37.5 Å². The number of benzene rings is 2. The van der Waals surface area contributed by atoms with Crippen molar-refractivity contribution >= 4 is 18.1 Å². The Hall–Kier alpha value is -3.49. The molecule has 0 spiro atoms. The van der Waals surface area contributed by atoms with Gasteiger partial charge < -0.3 is 19.3 Å². The largest absolute Gasteiger partial charge is 0.514 e. The maximum atomic E-state index is 14.4. The fraction of sp³-hybridized carbons (Fsp3) is 0.464. The highest BCUT2D eigenvalue weighted by Crippen LogP contribution is 2.59. The fourth-order valence-corrected chi connectivity index (χ4v) is 6.51. The molecule has 1 N–H and O–H groups in total. The lowest BCUT2D eigenvalue weighted by Crippen LogP contribution is -2.58. The Labute approximate surface area is 212 Å². The second-order valence-electron chi connectivity index (χ2n) is 10.6. The molecule has 4 aliphatic rings. The summed E-state index contributed by atoms with van der Waals surface area (Å²) in [5.41, 5.74) is -0.837. The summed E-state index contributed by atoms with van der Waals surface area (Å²) in [5.74, 6) is -5.69. The number of ether oxygens (including phenoxy) is 3. The number of carbonyl (C=O) groups is 3. The number of alkyl halides is 2. The molecule has 1 unspecified atom stereocenters. The topological polar surface area (TPSA) is 99.1 Å². The predicted octanol–water partition coefficient (Wildman–Crippen LogP) is 6.03. The van der Waals surface area contributed by atoms with Crippen molar-refractivity contribution in [3.63, 3.8) is 0 Å². The van der Waals surface area contributed by atoms with Gasteiger partial charge in [0.25, 0.3) is 0 Å². The molecule has 6 rings (SSSR count). The van der Waals surface area contributed by atoms with Gasteiger partial charge in [0, 0.05) is 0 Å². The van der Waals surface area contributed by atoms with E-state index in [1.165, 1.54) is 55.0 Å². The lowest BCUT2D eigenvalue weighted by atomic mass is 9.50. The zero-order valence-corrected chi connectivity index (χ0v) is 20.3. The summed E-state index contributed by atoms with van der Waals surface area (Å²) >= 11 is 0. The Morgan fingerprint density at radius 3 is 2.03 bits per heavy atom. The number of esters is 1. The molecule has 37 heavy (non-hydrogen) atoms. The molecule has 0 aromatic heterocycles. The Balaban J connectivity index is 1.23. The Kier molecular flexibility index (Phi) is 6.41. The first-order valence-corrected chi connectivity index (χ1v) is 12.4. The molecular weight excluding hydrogens is 486 g/mol. The number of carboxylic acids is 1. The minimum atomic E-state index is -4.35. The highest BCUT2D eigenvalue weighted by Gasteiger charge is 2.57. The first-order chi connectivity index (χ1) is 17.6. The smallest absolute Gasteiger partial charge is 0.477 e. The minimum absolute atomic E-state index is 0.115. The molecule has 7 nitrogen and oxygen atoms in total. The molecule has 0 aliphatic heterocycles. The normalized spacial score (nSPS) is 28.8. The summed E-state index contributed by atoms with van der Waals surface area (Å²) in [6.45, 7) is 2.00. The van der Waals surface area contributed by atoms with Crippen molar-refractivity contribution in [2.24, 2.45) is 23.7 Å². The first kappa shape index (κ1) is 25.2. The first-order valence-electron chi connectivity index (χ1n) is 12.4. The molecule has 2 aromatic rings. The number of hydrogen-bond donors (Lipinski definition) is 1. The van der Waals surface area contributed by atoms with Crippen LogP contribution in [0.4, 0.5) is 13.6 Å². The van der Waals surface area contributed by atoms with E-state index < -0.39 is 35.7 Å². The molecular formula is C28H28F2O7. The van der Waals surface area contributed by atoms with E-state index in [4.69, 9.17) is 19.3 Å². The van der Waals surface area contributed by atoms with Gasteiger partial charge in [0.2, 0.25) is 6.10 Å². The quantitative estimate of drug-likeness (QED) is 0.356. The second-order valence-corrected chi connectivity index (χ2v) is 10.6. The van der Waals surface area contributed by atoms with Crippen LogP contribution in [0.15, 0.2) is 54.6 Å². The number of rotatable bonds is 7. The minimum Gasteiger partial charge on any atom is -0.477 e. The fourth-order valence-electron chi connectivity index (χ4n) is 6.51. The molecule has 0 heterocycles. The average Bonchev–Trinajstić information content (AvgIpc) is 2.86. The standard InChI is InChI=1S/C28H28F2O7/c1-27(20-12-16-11-17(14-20)15-21(27)13-16)37-26(34)35-22-9-7-19(8-10-22)24(31)36-23(28(29,30)25(32)33)18-5-3-2-4-6-18/h2-10,16-17,20-21,23H,11-15H2,1H3,(H,32,33). The van der Waals surface area contributed by atoms with E-state index in [0.29, 0.717) is 11.8 Å². The number of aliphatic carboxylic acids is 1. The van der Waals surface area contributed by atoms with Crippen molar-refractivity contribution in [3.05, 3.63) is 65.7 Å². The summed E-state index contributed by atoms with van der Waals surface area (Å²) in [5, 5.41) is 8.98. The highest BCUT2D eigenvalue weighted by molar-refractivity contribution is 5.90. The van der Waals surface area contributed by atoms with Gasteiger partial charge in [-0.2, -0.15) is 8.78 Å². The van der Waals surface area contributed by atoms with Crippen LogP contribution in [-0.2, 0) is 14.3 Å². The van der Waals surface area contributed by atoms with Crippen molar-refractivity contribution in [1.29, 1.82) is 0 Å². The molecule has 4 aliphatic carbocycles. The van der Waals surface area contributed by atoms with E-state index in [9.17, 15) is 23.2 Å². The lowest BCUT2D eigenvalue weighted by molar-refractivity contribution is -0.183. The van der Waals surface area contributed by atoms with E-state index >= 15 is 0 Å². The third-order valence-electron chi connectivity index (χ3n) is 8.30. The molecule has 1 atom stereocenters. The van der Waals surface area contributed by atoms with Gasteiger partial charge in [0.05, 0.1) is 5.56 Å². The molecule has 0 amide bonds. The van der Waals surface area contributed by atoms with Gasteiger partial charge in [-0.15, -0.1) is 0 Å². The van der Waals surface area contributed by atoms with Crippen molar-refractivity contribution in [3.8, 4) is 5.75 Å². The van der Waals surface area contributed by atoms with Crippen molar-refractivity contribution in [2.45, 2.75) is 56.7 Å². The Bertz CT molecular complexity index is 1150. The third-order valence-corrected chi connectivity index (χ3v) is 8.30. The summed E-state index contributed by atoms with van der Waals surface area (Å²) in [6.07, 6.45) is 2.40. The third kappa shape index (κ3) is 4.79. The number of hydrogen-bond acceptors (Lipinski definition) is 6. The molecule has 2 aromatic carbocycles. The van der Waals surface area contributed by atoms with Crippen LogP contribution < -0.4 is 4.74 Å². The monoisotopic (exact) mass is 514 g/mol. The Morgan fingerprint density at radius 2 is 1.49 bits per heavy atom. The van der Waals surface area contributed by atoms with Gasteiger partial charge in [-0.25, -0.2) is 14.4 Å². The van der Waals surface area contributed by atoms with Gasteiger partial charge in [-0.1, -0.05) is 30.3 Å². The lowest BCUT2D eigenvalue weighted by Gasteiger charge is -2.58. The summed E-state index contributed by atoms with van der Waals surface area (Å²) in [4.78, 5) is 36.4. The van der Waals surface area contributed by atoms with Gasteiger partial charge in [-0.3, -0.25) is 0 Å². The van der Waals surface area contributed by atoms with Gasteiger partial charge >= 0.3 is 24.0 Å². The maximum Gasteiger partial charge on any atom is 0.514 e. The van der Waals surface area contributed by atoms with E-state index in [-0.39, 0.29) is 16.9 Å².